The molecule has 17 heavy (non-hydrogen) atoms. The maximum Gasteiger partial charge on any atom is 0.247 e. The van der Waals surface area contributed by atoms with Gasteiger partial charge in [-0.25, -0.2) is 0 Å². The largest absolute Gasteiger partial charge is 0.342 e. The molecule has 0 bridgehead atoms. The van der Waals surface area contributed by atoms with Crippen molar-refractivity contribution in [3.8, 4) is 0 Å². The third kappa shape index (κ3) is 2.60. The Kier molecular flexibility index (Phi) is 4.14. The number of carbonyl (C=O) groups excluding carboxylic acids is 2. The maximum atomic E-state index is 12.3. The lowest BCUT2D eigenvalue weighted by atomic mass is 9.95. The van der Waals surface area contributed by atoms with Gasteiger partial charge in [0.2, 0.25) is 11.8 Å². The van der Waals surface area contributed by atoms with E-state index >= 15 is 0 Å². The summed E-state index contributed by atoms with van der Waals surface area (Å²) >= 11 is 0. The Bertz CT molecular complexity index is 315. The number of rotatable bonds is 3. The van der Waals surface area contributed by atoms with Crippen LogP contribution in [0.4, 0.5) is 0 Å². The molecular weight excluding hydrogens is 218 g/mol. The van der Waals surface area contributed by atoms with Crippen molar-refractivity contribution in [2.75, 3.05) is 33.7 Å². The van der Waals surface area contributed by atoms with Gasteiger partial charge in [-0.15, -0.1) is 0 Å². The average molecular weight is 241 g/mol. The lowest BCUT2D eigenvalue weighted by Crippen LogP contribution is -2.64. The van der Waals surface area contributed by atoms with E-state index in [1.807, 2.05) is 27.8 Å². The summed E-state index contributed by atoms with van der Waals surface area (Å²) in [4.78, 5) is 27.7. The quantitative estimate of drug-likeness (QED) is 0.752. The Balaban J connectivity index is 2.84. The molecule has 0 aromatic heterocycles. The molecule has 0 saturated carbocycles. The molecule has 1 rings (SSSR count). The summed E-state index contributed by atoms with van der Waals surface area (Å²) in [5.41, 5.74) is -0.730. The molecule has 1 heterocycles. The Labute approximate surface area is 103 Å². The summed E-state index contributed by atoms with van der Waals surface area (Å²) in [6, 6.07) is 0. The molecule has 1 aliphatic heterocycles. The van der Waals surface area contributed by atoms with Crippen molar-refractivity contribution in [2.45, 2.75) is 26.3 Å². The van der Waals surface area contributed by atoms with E-state index in [0.29, 0.717) is 19.6 Å². The van der Waals surface area contributed by atoms with Gasteiger partial charge in [0, 0.05) is 32.6 Å². The highest BCUT2D eigenvalue weighted by atomic mass is 16.2. The summed E-state index contributed by atoms with van der Waals surface area (Å²) in [5.74, 6) is -0.0463. The van der Waals surface area contributed by atoms with Crippen LogP contribution in [0.2, 0.25) is 0 Å². The van der Waals surface area contributed by atoms with E-state index in [2.05, 4.69) is 5.32 Å². The van der Waals surface area contributed by atoms with Crippen LogP contribution < -0.4 is 5.32 Å². The first-order chi connectivity index (χ1) is 7.82. The van der Waals surface area contributed by atoms with Gasteiger partial charge < -0.3 is 15.1 Å². The molecule has 1 atom stereocenters. The van der Waals surface area contributed by atoms with Crippen LogP contribution in [0.25, 0.3) is 0 Å². The van der Waals surface area contributed by atoms with Gasteiger partial charge in [-0.05, 0) is 20.9 Å². The van der Waals surface area contributed by atoms with Crippen molar-refractivity contribution in [1.29, 1.82) is 0 Å². The highest BCUT2D eigenvalue weighted by molar-refractivity contribution is 5.92. The standard InChI is InChI=1S/C12H23N3O2/c1-9(8-13-4)10(16)15-7-6-14(5)11(17)12(15,2)3/h9,13H,6-8H2,1-5H3. The van der Waals surface area contributed by atoms with Gasteiger partial charge in [0.05, 0.1) is 0 Å². The number of hydrogen-bond acceptors (Lipinski definition) is 3. The first-order valence-electron chi connectivity index (χ1n) is 6.04. The van der Waals surface area contributed by atoms with Gasteiger partial charge in [0.25, 0.3) is 0 Å². The molecule has 5 nitrogen and oxygen atoms in total. The molecule has 0 aliphatic carbocycles. The molecule has 1 aliphatic rings. The van der Waals surface area contributed by atoms with Gasteiger partial charge >= 0.3 is 0 Å². The third-order valence-electron chi connectivity index (χ3n) is 3.40. The lowest BCUT2D eigenvalue weighted by molar-refractivity contribution is -0.159. The number of piperazine rings is 1. The fraction of sp³-hybridized carbons (Fsp3) is 0.833. The van der Waals surface area contributed by atoms with E-state index in [4.69, 9.17) is 0 Å². The number of nitrogens with zero attached hydrogens (tertiary/aromatic N) is 2. The molecule has 5 heteroatoms. The Hall–Kier alpha value is -1.10. The molecule has 1 saturated heterocycles. The van der Waals surface area contributed by atoms with Crippen molar-refractivity contribution in [3.63, 3.8) is 0 Å². The highest BCUT2D eigenvalue weighted by Crippen LogP contribution is 2.23. The summed E-state index contributed by atoms with van der Waals surface area (Å²) in [5, 5.41) is 2.99. The fourth-order valence-corrected chi connectivity index (χ4v) is 2.26. The Morgan fingerprint density at radius 1 is 1.47 bits per heavy atom. The van der Waals surface area contributed by atoms with E-state index in [1.54, 1.807) is 16.8 Å². The number of hydrogen-bond donors (Lipinski definition) is 1. The summed E-state index contributed by atoms with van der Waals surface area (Å²) in [6.07, 6.45) is 0. The summed E-state index contributed by atoms with van der Waals surface area (Å²) < 4.78 is 0. The highest BCUT2D eigenvalue weighted by Gasteiger charge is 2.43. The molecule has 0 aromatic carbocycles. The summed E-state index contributed by atoms with van der Waals surface area (Å²) in [6.45, 7) is 7.37. The van der Waals surface area contributed by atoms with Crippen molar-refractivity contribution in [1.82, 2.24) is 15.1 Å². The van der Waals surface area contributed by atoms with Gasteiger partial charge in [0.1, 0.15) is 5.54 Å². The van der Waals surface area contributed by atoms with Crippen LogP contribution in [0, 0.1) is 5.92 Å². The minimum atomic E-state index is -0.730. The Morgan fingerprint density at radius 2 is 2.06 bits per heavy atom. The van der Waals surface area contributed by atoms with Crippen LogP contribution in [0.3, 0.4) is 0 Å². The van der Waals surface area contributed by atoms with Gasteiger partial charge in [0.15, 0.2) is 0 Å². The number of amides is 2. The van der Waals surface area contributed by atoms with E-state index in [0.717, 1.165) is 0 Å². The van der Waals surface area contributed by atoms with Crippen LogP contribution >= 0.6 is 0 Å². The van der Waals surface area contributed by atoms with Gasteiger partial charge in [-0.3, -0.25) is 9.59 Å². The average Bonchev–Trinajstić information content (AvgIpc) is 2.26. The van der Waals surface area contributed by atoms with E-state index < -0.39 is 5.54 Å². The van der Waals surface area contributed by atoms with E-state index in [-0.39, 0.29) is 17.7 Å². The van der Waals surface area contributed by atoms with Crippen molar-refractivity contribution in [3.05, 3.63) is 0 Å². The fourth-order valence-electron chi connectivity index (χ4n) is 2.26. The van der Waals surface area contributed by atoms with Crippen LogP contribution in [-0.2, 0) is 9.59 Å². The zero-order valence-electron chi connectivity index (χ0n) is 11.4. The predicted molar refractivity (Wildman–Crippen MR) is 66.5 cm³/mol. The number of nitrogens with one attached hydrogen (secondary N) is 1. The molecule has 2 amide bonds. The minimum absolute atomic E-state index is 0.00811. The number of likely N-dealkylation sites (N-methyl/N-ethyl adjacent to an activating group) is 1. The topological polar surface area (TPSA) is 52.7 Å². The third-order valence-corrected chi connectivity index (χ3v) is 3.40. The second-order valence-corrected chi connectivity index (χ2v) is 5.23. The first-order valence-corrected chi connectivity index (χ1v) is 6.04. The second-order valence-electron chi connectivity index (χ2n) is 5.23. The molecule has 1 unspecified atom stereocenters. The molecule has 1 fully saturated rings. The molecule has 0 spiro atoms. The number of carbonyl (C=O) groups is 2. The van der Waals surface area contributed by atoms with Crippen molar-refractivity contribution < 1.29 is 9.59 Å². The van der Waals surface area contributed by atoms with Crippen molar-refractivity contribution >= 4 is 11.8 Å². The maximum absolute atomic E-state index is 12.3. The van der Waals surface area contributed by atoms with Crippen LogP contribution in [0.5, 0.6) is 0 Å². The van der Waals surface area contributed by atoms with Crippen LogP contribution in [-0.4, -0.2) is 60.9 Å². The van der Waals surface area contributed by atoms with Gasteiger partial charge in [-0.1, -0.05) is 6.92 Å². The molecule has 1 N–H and O–H groups in total. The summed E-state index contributed by atoms with van der Waals surface area (Å²) in [7, 11) is 3.60. The van der Waals surface area contributed by atoms with Crippen LogP contribution in [0.15, 0.2) is 0 Å². The van der Waals surface area contributed by atoms with Gasteiger partial charge in [-0.2, -0.15) is 0 Å². The smallest absolute Gasteiger partial charge is 0.247 e. The lowest BCUT2D eigenvalue weighted by Gasteiger charge is -2.45. The Morgan fingerprint density at radius 3 is 2.59 bits per heavy atom. The monoisotopic (exact) mass is 241 g/mol. The predicted octanol–water partition coefficient (Wildman–Crippen LogP) is -0.0789. The van der Waals surface area contributed by atoms with E-state index in [1.165, 1.54) is 0 Å². The zero-order valence-corrected chi connectivity index (χ0v) is 11.4. The van der Waals surface area contributed by atoms with Crippen molar-refractivity contribution in [2.24, 2.45) is 5.92 Å². The molecule has 0 radical (unpaired) electrons. The second kappa shape index (κ2) is 5.04. The molecule has 98 valence electrons. The zero-order chi connectivity index (χ0) is 13.2. The molecule has 0 aromatic rings. The first kappa shape index (κ1) is 14.0. The SMILES string of the molecule is CNCC(C)C(=O)N1CCN(C)C(=O)C1(C)C. The normalized spacial score (nSPS) is 21.6. The minimum Gasteiger partial charge on any atom is -0.342 e. The molecular formula is C12H23N3O2. The van der Waals surface area contributed by atoms with E-state index in [9.17, 15) is 9.59 Å². The van der Waals surface area contributed by atoms with Crippen LogP contribution in [0.1, 0.15) is 20.8 Å².